The Morgan fingerprint density at radius 2 is 1.41 bits per heavy atom. The van der Waals surface area contributed by atoms with Crippen molar-refractivity contribution >= 4 is 5.97 Å². The van der Waals surface area contributed by atoms with Crippen molar-refractivity contribution in [2.45, 2.75) is 106 Å². The molecule has 0 radical (unpaired) electrons. The first-order valence-corrected chi connectivity index (χ1v) is 9.28. The number of hydrogen-bond acceptors (Lipinski definition) is 2. The zero-order valence-electron chi connectivity index (χ0n) is 16.4. The van der Waals surface area contributed by atoms with E-state index in [1.54, 1.807) is 0 Å². The first kappa shape index (κ1) is 21.5. The Balaban J connectivity index is 4.96. The third kappa shape index (κ3) is 7.65. The fraction of sp³-hybridized carbons (Fsp3) is 0.950. The van der Waals surface area contributed by atoms with E-state index >= 15 is 0 Å². The van der Waals surface area contributed by atoms with Crippen molar-refractivity contribution in [1.82, 2.24) is 0 Å². The van der Waals surface area contributed by atoms with Crippen molar-refractivity contribution in [3.05, 3.63) is 0 Å². The van der Waals surface area contributed by atoms with Crippen molar-refractivity contribution in [3.63, 3.8) is 0 Å². The van der Waals surface area contributed by atoms with E-state index in [0.717, 1.165) is 44.9 Å². The second-order valence-electron chi connectivity index (χ2n) is 8.62. The van der Waals surface area contributed by atoms with E-state index in [2.05, 4.69) is 55.4 Å². The van der Waals surface area contributed by atoms with Gasteiger partial charge in [0.05, 0.1) is 5.41 Å². The van der Waals surface area contributed by atoms with Gasteiger partial charge in [-0.1, -0.05) is 74.1 Å². The molecule has 0 aromatic heterocycles. The Labute approximate surface area is 139 Å². The molecule has 0 rings (SSSR count). The lowest BCUT2D eigenvalue weighted by atomic mass is 9.69. The molecule has 0 aliphatic heterocycles. The van der Waals surface area contributed by atoms with Gasteiger partial charge in [-0.25, -0.2) is 0 Å². The number of unbranched alkanes of at least 4 members (excludes halogenated alkanes) is 2. The van der Waals surface area contributed by atoms with Gasteiger partial charge in [0.25, 0.3) is 0 Å². The molecule has 1 atom stereocenters. The van der Waals surface area contributed by atoms with Gasteiger partial charge in [-0.2, -0.15) is 0 Å². The molecule has 0 spiro atoms. The maximum atomic E-state index is 12.9. The minimum Gasteiger partial charge on any atom is -0.462 e. The molecule has 0 aromatic carbocycles. The summed E-state index contributed by atoms with van der Waals surface area (Å²) in [5, 5.41) is 0. The van der Waals surface area contributed by atoms with Crippen molar-refractivity contribution in [2.24, 2.45) is 16.7 Å². The van der Waals surface area contributed by atoms with E-state index in [4.69, 9.17) is 4.74 Å². The largest absolute Gasteiger partial charge is 0.462 e. The van der Waals surface area contributed by atoms with Crippen LogP contribution in [-0.4, -0.2) is 12.1 Å². The van der Waals surface area contributed by atoms with Crippen molar-refractivity contribution in [2.75, 3.05) is 0 Å². The van der Waals surface area contributed by atoms with Crippen LogP contribution in [-0.2, 0) is 9.53 Å². The number of hydrogen-bond donors (Lipinski definition) is 0. The first-order valence-electron chi connectivity index (χ1n) is 9.28. The summed E-state index contributed by atoms with van der Waals surface area (Å²) in [6, 6.07) is 0. The summed E-state index contributed by atoms with van der Waals surface area (Å²) in [6.07, 6.45) is 7.57. The predicted octanol–water partition coefficient (Wildman–Crippen LogP) is 6.38. The highest BCUT2D eigenvalue weighted by molar-refractivity contribution is 5.77. The van der Waals surface area contributed by atoms with Gasteiger partial charge in [-0.05, 0) is 37.5 Å². The molecule has 2 nitrogen and oxygen atoms in total. The van der Waals surface area contributed by atoms with Gasteiger partial charge in [-0.3, -0.25) is 4.79 Å². The summed E-state index contributed by atoms with van der Waals surface area (Å²) in [5.74, 6) is 0.298. The van der Waals surface area contributed by atoms with Crippen molar-refractivity contribution in [1.29, 1.82) is 0 Å². The minimum absolute atomic E-state index is 0.00892. The Morgan fingerprint density at radius 1 is 0.955 bits per heavy atom. The monoisotopic (exact) mass is 312 g/mol. The second kappa shape index (κ2) is 9.57. The Hall–Kier alpha value is -0.530. The summed E-state index contributed by atoms with van der Waals surface area (Å²) in [6.45, 7) is 17.3. The molecule has 1 unspecified atom stereocenters. The molecule has 132 valence electrons. The smallest absolute Gasteiger partial charge is 0.312 e. The average molecular weight is 313 g/mol. The SMILES string of the molecule is CCCCC(CCCC)OC(=O)C(C)(CC(C)(C)C)C(C)C. The van der Waals surface area contributed by atoms with Gasteiger partial charge >= 0.3 is 5.97 Å². The summed E-state index contributed by atoms with van der Waals surface area (Å²) < 4.78 is 5.99. The van der Waals surface area contributed by atoms with Gasteiger partial charge in [0.2, 0.25) is 0 Å². The zero-order valence-corrected chi connectivity index (χ0v) is 16.4. The van der Waals surface area contributed by atoms with Crippen LogP contribution in [0.5, 0.6) is 0 Å². The van der Waals surface area contributed by atoms with Crippen LogP contribution in [0.1, 0.15) is 100 Å². The maximum absolute atomic E-state index is 12.9. The normalized spacial score (nSPS) is 15.2. The van der Waals surface area contributed by atoms with Crippen LogP contribution in [0, 0.1) is 16.7 Å². The van der Waals surface area contributed by atoms with E-state index < -0.39 is 5.41 Å². The van der Waals surface area contributed by atoms with Gasteiger partial charge in [-0.15, -0.1) is 0 Å². The van der Waals surface area contributed by atoms with E-state index in [9.17, 15) is 4.79 Å². The van der Waals surface area contributed by atoms with Crippen LogP contribution in [0.25, 0.3) is 0 Å². The third-order valence-electron chi connectivity index (χ3n) is 4.67. The quantitative estimate of drug-likeness (QED) is 0.438. The third-order valence-corrected chi connectivity index (χ3v) is 4.67. The van der Waals surface area contributed by atoms with Crippen LogP contribution in [0.15, 0.2) is 0 Å². The van der Waals surface area contributed by atoms with Crippen molar-refractivity contribution in [3.8, 4) is 0 Å². The van der Waals surface area contributed by atoms with Crippen molar-refractivity contribution < 1.29 is 9.53 Å². The predicted molar refractivity (Wildman–Crippen MR) is 95.9 cm³/mol. The number of esters is 1. The fourth-order valence-electron chi connectivity index (χ4n) is 3.03. The first-order chi connectivity index (χ1) is 10.1. The Bertz CT molecular complexity index is 306. The molecule has 0 saturated carbocycles. The summed E-state index contributed by atoms with van der Waals surface area (Å²) in [5.41, 5.74) is -0.269. The average Bonchev–Trinajstić information content (AvgIpc) is 2.39. The van der Waals surface area contributed by atoms with Gasteiger partial charge in [0, 0.05) is 0 Å². The molecule has 0 fully saturated rings. The molecule has 0 bridgehead atoms. The number of rotatable bonds is 10. The molecule has 0 N–H and O–H groups in total. The standard InChI is InChI=1S/C20H40O2/c1-9-11-13-17(14-12-10-2)22-18(21)20(8,16(3)4)15-19(5,6)7/h16-17H,9-15H2,1-8H3. The molecule has 0 saturated heterocycles. The Kier molecular flexibility index (Phi) is 9.34. The molecular weight excluding hydrogens is 272 g/mol. The molecule has 0 aliphatic rings. The lowest BCUT2D eigenvalue weighted by Crippen LogP contribution is -2.40. The van der Waals surface area contributed by atoms with Crippen LogP contribution in [0.3, 0.4) is 0 Å². The van der Waals surface area contributed by atoms with E-state index in [0.29, 0.717) is 0 Å². The highest BCUT2D eigenvalue weighted by Crippen LogP contribution is 2.41. The molecule has 0 aliphatic carbocycles. The summed E-state index contributed by atoms with van der Waals surface area (Å²) in [4.78, 5) is 12.9. The molecule has 0 amide bonds. The van der Waals surface area contributed by atoms with E-state index in [1.165, 1.54) is 0 Å². The fourth-order valence-corrected chi connectivity index (χ4v) is 3.03. The van der Waals surface area contributed by atoms with Crippen LogP contribution < -0.4 is 0 Å². The lowest BCUT2D eigenvalue weighted by molar-refractivity contribution is -0.166. The molecule has 22 heavy (non-hydrogen) atoms. The summed E-state index contributed by atoms with van der Waals surface area (Å²) >= 11 is 0. The molecule has 0 heterocycles. The van der Waals surface area contributed by atoms with Gasteiger partial charge in [0.15, 0.2) is 0 Å². The highest BCUT2D eigenvalue weighted by Gasteiger charge is 2.42. The van der Waals surface area contributed by atoms with Gasteiger partial charge in [0.1, 0.15) is 6.10 Å². The number of carbonyl (C=O) groups is 1. The second-order valence-corrected chi connectivity index (χ2v) is 8.62. The zero-order chi connectivity index (χ0) is 17.4. The molecule has 2 heteroatoms. The van der Waals surface area contributed by atoms with Crippen LogP contribution in [0.2, 0.25) is 0 Å². The number of carbonyl (C=O) groups excluding carboxylic acids is 1. The highest BCUT2D eigenvalue weighted by atomic mass is 16.5. The molecular formula is C20H40O2. The maximum Gasteiger partial charge on any atom is 0.312 e. The lowest BCUT2D eigenvalue weighted by Gasteiger charge is -2.38. The van der Waals surface area contributed by atoms with Crippen LogP contribution in [0.4, 0.5) is 0 Å². The summed E-state index contributed by atoms with van der Waals surface area (Å²) in [7, 11) is 0. The topological polar surface area (TPSA) is 26.3 Å². The number of ether oxygens (including phenoxy) is 1. The molecule has 0 aromatic rings. The van der Waals surface area contributed by atoms with E-state index in [-0.39, 0.29) is 23.4 Å². The van der Waals surface area contributed by atoms with Crippen LogP contribution >= 0.6 is 0 Å². The minimum atomic E-state index is -0.394. The van der Waals surface area contributed by atoms with Gasteiger partial charge < -0.3 is 4.74 Å². The van der Waals surface area contributed by atoms with E-state index in [1.807, 2.05) is 0 Å². The Morgan fingerprint density at radius 3 is 1.73 bits per heavy atom.